The van der Waals surface area contributed by atoms with Gasteiger partial charge < -0.3 is 14.9 Å². The van der Waals surface area contributed by atoms with Crippen molar-refractivity contribution in [1.29, 1.82) is 0 Å². The van der Waals surface area contributed by atoms with E-state index in [-0.39, 0.29) is 6.10 Å². The molecule has 1 unspecified atom stereocenters. The van der Waals surface area contributed by atoms with Gasteiger partial charge in [0.05, 0.1) is 18.3 Å². The van der Waals surface area contributed by atoms with Crippen LogP contribution in [0.2, 0.25) is 0 Å². The van der Waals surface area contributed by atoms with E-state index in [1.54, 1.807) is 0 Å². The average Bonchev–Trinajstić information content (AvgIpc) is 2.23. The standard InChI is InChI=1S/C12H20O4/c1-9-5-3-2-4-6-10(13)11(14)7-8-12(15)16-9/h7-11,13-14H,2-6H2,1H3/b8-7-/t9-,10?,11+/m1/s1. The Bertz CT molecular complexity index is 249. The highest BCUT2D eigenvalue weighted by molar-refractivity contribution is 5.82. The van der Waals surface area contributed by atoms with Gasteiger partial charge in [0.1, 0.15) is 0 Å². The number of carbonyl (C=O) groups is 1. The third kappa shape index (κ3) is 4.77. The third-order valence-electron chi connectivity index (χ3n) is 2.75. The van der Waals surface area contributed by atoms with Gasteiger partial charge in [-0.25, -0.2) is 4.79 Å². The monoisotopic (exact) mass is 228 g/mol. The first-order valence-corrected chi connectivity index (χ1v) is 5.84. The molecule has 2 N–H and O–H groups in total. The minimum atomic E-state index is -0.984. The molecule has 0 amide bonds. The van der Waals surface area contributed by atoms with Crippen molar-refractivity contribution >= 4 is 5.97 Å². The van der Waals surface area contributed by atoms with Crippen LogP contribution in [-0.4, -0.2) is 34.5 Å². The summed E-state index contributed by atoms with van der Waals surface area (Å²) in [6, 6.07) is 0. The Hall–Kier alpha value is -0.870. The number of rotatable bonds is 0. The number of hydrogen-bond donors (Lipinski definition) is 2. The molecule has 0 saturated heterocycles. The van der Waals surface area contributed by atoms with Crippen molar-refractivity contribution in [1.82, 2.24) is 0 Å². The molecule has 0 aromatic carbocycles. The lowest BCUT2D eigenvalue weighted by Gasteiger charge is -2.16. The second-order valence-electron chi connectivity index (χ2n) is 4.30. The molecule has 1 rings (SSSR count). The molecule has 0 aromatic rings. The number of carbonyl (C=O) groups excluding carboxylic acids is 1. The summed E-state index contributed by atoms with van der Waals surface area (Å²) in [5.74, 6) is -0.459. The number of hydrogen-bond acceptors (Lipinski definition) is 4. The molecule has 1 heterocycles. The van der Waals surface area contributed by atoms with Gasteiger partial charge in [-0.1, -0.05) is 12.8 Å². The van der Waals surface area contributed by atoms with Gasteiger partial charge in [-0.05, 0) is 32.3 Å². The molecule has 3 atom stereocenters. The van der Waals surface area contributed by atoms with Gasteiger partial charge in [-0.2, -0.15) is 0 Å². The Kier molecular flexibility index (Phi) is 5.49. The molecule has 4 heteroatoms. The van der Waals surface area contributed by atoms with Crippen molar-refractivity contribution in [2.24, 2.45) is 0 Å². The maximum Gasteiger partial charge on any atom is 0.330 e. The summed E-state index contributed by atoms with van der Waals surface area (Å²) in [4.78, 5) is 11.3. The molecule has 0 spiro atoms. The summed E-state index contributed by atoms with van der Waals surface area (Å²) in [5, 5.41) is 19.0. The van der Waals surface area contributed by atoms with Crippen molar-refractivity contribution in [3.8, 4) is 0 Å². The highest BCUT2D eigenvalue weighted by Gasteiger charge is 2.15. The Morgan fingerprint density at radius 3 is 2.69 bits per heavy atom. The van der Waals surface area contributed by atoms with Crippen LogP contribution in [0.3, 0.4) is 0 Å². The van der Waals surface area contributed by atoms with Crippen LogP contribution < -0.4 is 0 Å². The minimum absolute atomic E-state index is 0.0846. The number of aliphatic hydroxyl groups is 2. The maximum absolute atomic E-state index is 11.3. The molecule has 1 aliphatic rings. The van der Waals surface area contributed by atoms with Crippen LogP contribution >= 0.6 is 0 Å². The van der Waals surface area contributed by atoms with Crippen LogP contribution in [0.5, 0.6) is 0 Å². The van der Waals surface area contributed by atoms with Gasteiger partial charge >= 0.3 is 5.97 Å². The van der Waals surface area contributed by atoms with Crippen molar-refractivity contribution < 1.29 is 19.7 Å². The summed E-state index contributed by atoms with van der Waals surface area (Å²) in [7, 11) is 0. The first-order valence-electron chi connectivity index (χ1n) is 5.84. The van der Waals surface area contributed by atoms with E-state index in [2.05, 4.69) is 0 Å². The highest BCUT2D eigenvalue weighted by Crippen LogP contribution is 2.13. The molecule has 0 radical (unpaired) electrons. The molecular weight excluding hydrogens is 208 g/mol. The van der Waals surface area contributed by atoms with E-state index in [0.717, 1.165) is 25.7 Å². The molecule has 0 saturated carbocycles. The van der Waals surface area contributed by atoms with Crippen LogP contribution in [-0.2, 0) is 9.53 Å². The van der Waals surface area contributed by atoms with E-state index >= 15 is 0 Å². The smallest absolute Gasteiger partial charge is 0.330 e. The highest BCUT2D eigenvalue weighted by atomic mass is 16.5. The summed E-state index contributed by atoms with van der Waals surface area (Å²) in [6.07, 6.45) is 4.87. The van der Waals surface area contributed by atoms with Crippen LogP contribution in [0, 0.1) is 0 Å². The first kappa shape index (κ1) is 13.2. The normalized spacial score (nSPS) is 35.7. The molecule has 0 aromatic heterocycles. The zero-order chi connectivity index (χ0) is 12.0. The van der Waals surface area contributed by atoms with E-state index in [1.807, 2.05) is 6.92 Å². The molecule has 0 aliphatic carbocycles. The Labute approximate surface area is 95.9 Å². The molecule has 92 valence electrons. The van der Waals surface area contributed by atoms with Crippen LogP contribution in [0.25, 0.3) is 0 Å². The van der Waals surface area contributed by atoms with E-state index in [1.165, 1.54) is 12.2 Å². The van der Waals surface area contributed by atoms with Gasteiger partial charge in [-0.15, -0.1) is 0 Å². The Morgan fingerprint density at radius 1 is 1.25 bits per heavy atom. The van der Waals surface area contributed by atoms with Gasteiger partial charge in [0.25, 0.3) is 0 Å². The van der Waals surface area contributed by atoms with Gasteiger partial charge in [0.15, 0.2) is 0 Å². The Morgan fingerprint density at radius 2 is 1.94 bits per heavy atom. The molecular formula is C12H20O4. The van der Waals surface area contributed by atoms with Crippen molar-refractivity contribution in [2.45, 2.75) is 57.3 Å². The van der Waals surface area contributed by atoms with E-state index in [4.69, 9.17) is 4.74 Å². The topological polar surface area (TPSA) is 66.8 Å². The Balaban J connectivity index is 2.58. The second-order valence-corrected chi connectivity index (χ2v) is 4.30. The average molecular weight is 228 g/mol. The number of cyclic esters (lactones) is 1. The zero-order valence-electron chi connectivity index (χ0n) is 9.63. The maximum atomic E-state index is 11.3. The second kappa shape index (κ2) is 6.66. The lowest BCUT2D eigenvalue weighted by atomic mass is 10.0. The van der Waals surface area contributed by atoms with E-state index in [9.17, 15) is 15.0 Å². The van der Waals surface area contributed by atoms with E-state index < -0.39 is 18.2 Å². The fourth-order valence-electron chi connectivity index (χ4n) is 1.73. The van der Waals surface area contributed by atoms with Crippen LogP contribution in [0.15, 0.2) is 12.2 Å². The largest absolute Gasteiger partial charge is 0.460 e. The predicted molar refractivity (Wildman–Crippen MR) is 59.8 cm³/mol. The predicted octanol–water partition coefficient (Wildman–Crippen LogP) is 1.16. The molecule has 0 bridgehead atoms. The third-order valence-corrected chi connectivity index (χ3v) is 2.75. The van der Waals surface area contributed by atoms with Gasteiger partial charge in [0.2, 0.25) is 0 Å². The quantitative estimate of drug-likeness (QED) is 0.611. The molecule has 0 fully saturated rings. The summed E-state index contributed by atoms with van der Waals surface area (Å²) < 4.78 is 5.09. The lowest BCUT2D eigenvalue weighted by Crippen LogP contribution is -2.24. The first-order chi connectivity index (χ1) is 7.59. The van der Waals surface area contributed by atoms with Crippen LogP contribution in [0.1, 0.15) is 39.0 Å². The van der Waals surface area contributed by atoms with Crippen molar-refractivity contribution in [3.05, 3.63) is 12.2 Å². The molecule has 16 heavy (non-hydrogen) atoms. The summed E-state index contributed by atoms with van der Waals surface area (Å²) in [6.45, 7) is 1.86. The van der Waals surface area contributed by atoms with Gasteiger partial charge in [-0.3, -0.25) is 0 Å². The van der Waals surface area contributed by atoms with E-state index in [0.29, 0.717) is 6.42 Å². The van der Waals surface area contributed by atoms with Crippen molar-refractivity contribution in [3.63, 3.8) is 0 Å². The molecule has 1 aliphatic heterocycles. The van der Waals surface area contributed by atoms with Crippen LogP contribution in [0.4, 0.5) is 0 Å². The fraction of sp³-hybridized carbons (Fsp3) is 0.750. The number of aliphatic hydroxyl groups excluding tert-OH is 2. The SMILES string of the molecule is C[C@@H]1CCCCCC(O)[C@@H](O)/C=C\C(=O)O1. The summed E-state index contributed by atoms with van der Waals surface area (Å²) in [5.41, 5.74) is 0. The number of esters is 1. The fourth-order valence-corrected chi connectivity index (χ4v) is 1.73. The lowest BCUT2D eigenvalue weighted by molar-refractivity contribution is -0.142. The zero-order valence-corrected chi connectivity index (χ0v) is 9.63. The minimum Gasteiger partial charge on any atom is -0.460 e. The summed E-state index contributed by atoms with van der Waals surface area (Å²) >= 11 is 0. The van der Waals surface area contributed by atoms with Gasteiger partial charge in [0, 0.05) is 6.08 Å². The van der Waals surface area contributed by atoms with Crippen molar-refractivity contribution in [2.75, 3.05) is 0 Å². The molecule has 4 nitrogen and oxygen atoms in total. The number of ether oxygens (including phenoxy) is 1.